The minimum Gasteiger partial charge on any atom is -0.329 e. The molecular formula is C16H17FN2O2. The lowest BCUT2D eigenvalue weighted by Gasteiger charge is -2.30. The van der Waals surface area contributed by atoms with Gasteiger partial charge in [-0.2, -0.15) is 0 Å². The largest absolute Gasteiger partial charge is 0.329 e. The molecule has 110 valence electrons. The van der Waals surface area contributed by atoms with Crippen molar-refractivity contribution < 1.29 is 14.4 Å². The Bertz CT molecular complexity index is 631. The molecule has 2 aromatic carbocycles. The number of nitrogens with zero attached hydrogens (tertiary/aromatic N) is 1. The molecule has 4 nitrogen and oxygen atoms in total. The van der Waals surface area contributed by atoms with Gasteiger partial charge in [0.1, 0.15) is 11.9 Å². The maximum Gasteiger partial charge on any atom is 0.266 e. The molecule has 5 heteroatoms. The average Bonchev–Trinajstić information content (AvgIpc) is 2.51. The topological polar surface area (TPSA) is 52.6 Å². The van der Waals surface area contributed by atoms with Crippen LogP contribution in [0.25, 0.3) is 0 Å². The molecule has 0 aromatic heterocycles. The summed E-state index contributed by atoms with van der Waals surface area (Å²) in [5.41, 5.74) is 3.60. The Morgan fingerprint density at radius 2 is 1.86 bits per heavy atom. The summed E-state index contributed by atoms with van der Waals surface area (Å²) in [4.78, 5) is 13.5. The SMILES string of the molecule is Cc1cc(N(c2ccccc2)[C@@H](C)C(=O)NO)ccc1F. The molecule has 0 saturated carbocycles. The molecule has 21 heavy (non-hydrogen) atoms. The summed E-state index contributed by atoms with van der Waals surface area (Å²) in [6.07, 6.45) is 0. The molecule has 0 heterocycles. The Hall–Kier alpha value is -2.40. The maximum atomic E-state index is 13.5. The van der Waals surface area contributed by atoms with Crippen LogP contribution < -0.4 is 10.4 Å². The summed E-state index contributed by atoms with van der Waals surface area (Å²) in [7, 11) is 0. The van der Waals surface area contributed by atoms with Gasteiger partial charge in [-0.25, -0.2) is 9.87 Å². The Morgan fingerprint density at radius 1 is 1.19 bits per heavy atom. The minimum atomic E-state index is -0.651. The molecule has 0 radical (unpaired) electrons. The van der Waals surface area contributed by atoms with Crippen LogP contribution in [0.5, 0.6) is 0 Å². The molecule has 1 atom stereocenters. The molecule has 0 bridgehead atoms. The van der Waals surface area contributed by atoms with E-state index in [4.69, 9.17) is 5.21 Å². The number of rotatable bonds is 4. The van der Waals surface area contributed by atoms with E-state index in [-0.39, 0.29) is 5.82 Å². The number of hydrogen-bond acceptors (Lipinski definition) is 3. The first-order chi connectivity index (χ1) is 10.0. The van der Waals surface area contributed by atoms with E-state index < -0.39 is 11.9 Å². The van der Waals surface area contributed by atoms with Crippen molar-refractivity contribution in [1.29, 1.82) is 0 Å². The molecule has 0 fully saturated rings. The van der Waals surface area contributed by atoms with Gasteiger partial charge in [-0.05, 0) is 49.7 Å². The summed E-state index contributed by atoms with van der Waals surface area (Å²) in [6.45, 7) is 3.33. The van der Waals surface area contributed by atoms with Gasteiger partial charge in [0.15, 0.2) is 0 Å². The fraction of sp³-hybridized carbons (Fsp3) is 0.188. The number of nitrogens with one attached hydrogen (secondary N) is 1. The van der Waals surface area contributed by atoms with Crippen LogP contribution >= 0.6 is 0 Å². The number of para-hydroxylation sites is 1. The molecule has 0 unspecified atom stereocenters. The number of benzene rings is 2. The van der Waals surface area contributed by atoms with E-state index in [1.807, 2.05) is 30.3 Å². The number of hydrogen-bond donors (Lipinski definition) is 2. The Balaban J connectivity index is 2.50. The van der Waals surface area contributed by atoms with E-state index in [1.165, 1.54) is 6.07 Å². The number of amides is 1. The monoisotopic (exact) mass is 288 g/mol. The van der Waals surface area contributed by atoms with Gasteiger partial charge in [-0.15, -0.1) is 0 Å². The van der Waals surface area contributed by atoms with Crippen molar-refractivity contribution in [3.8, 4) is 0 Å². The Kier molecular flexibility index (Phi) is 4.55. The van der Waals surface area contributed by atoms with E-state index in [1.54, 1.807) is 36.4 Å². The van der Waals surface area contributed by atoms with Gasteiger partial charge in [-0.1, -0.05) is 18.2 Å². The quantitative estimate of drug-likeness (QED) is 0.671. The molecule has 2 aromatic rings. The number of carbonyl (C=O) groups is 1. The lowest BCUT2D eigenvalue weighted by Crippen LogP contribution is -2.41. The highest BCUT2D eigenvalue weighted by molar-refractivity contribution is 5.87. The van der Waals surface area contributed by atoms with Crippen molar-refractivity contribution in [2.75, 3.05) is 4.90 Å². The Morgan fingerprint density at radius 3 is 2.43 bits per heavy atom. The van der Waals surface area contributed by atoms with Gasteiger partial charge in [0, 0.05) is 11.4 Å². The second kappa shape index (κ2) is 6.37. The predicted molar refractivity (Wildman–Crippen MR) is 79.1 cm³/mol. The molecule has 0 spiro atoms. The average molecular weight is 288 g/mol. The second-order valence-corrected chi connectivity index (χ2v) is 4.79. The van der Waals surface area contributed by atoms with Gasteiger partial charge in [-0.3, -0.25) is 10.0 Å². The summed E-state index contributed by atoms with van der Waals surface area (Å²) >= 11 is 0. The number of anilines is 2. The molecule has 0 saturated heterocycles. The minimum absolute atomic E-state index is 0.300. The van der Waals surface area contributed by atoms with Crippen molar-refractivity contribution in [3.63, 3.8) is 0 Å². The van der Waals surface area contributed by atoms with Crippen molar-refractivity contribution in [2.45, 2.75) is 19.9 Å². The van der Waals surface area contributed by atoms with Crippen LogP contribution in [0.15, 0.2) is 48.5 Å². The fourth-order valence-corrected chi connectivity index (χ4v) is 2.17. The smallest absolute Gasteiger partial charge is 0.266 e. The third-order valence-electron chi connectivity index (χ3n) is 3.33. The van der Waals surface area contributed by atoms with E-state index in [0.717, 1.165) is 5.69 Å². The first kappa shape index (κ1) is 15.0. The number of aryl methyl sites for hydroxylation is 1. The number of hydroxylamine groups is 1. The van der Waals surface area contributed by atoms with Crippen LogP contribution in [0.1, 0.15) is 12.5 Å². The fourth-order valence-electron chi connectivity index (χ4n) is 2.17. The molecule has 2 N–H and O–H groups in total. The van der Waals surface area contributed by atoms with Gasteiger partial charge in [0.2, 0.25) is 0 Å². The number of halogens is 1. The van der Waals surface area contributed by atoms with Gasteiger partial charge < -0.3 is 4.90 Å². The summed E-state index contributed by atoms with van der Waals surface area (Å²) in [6, 6.07) is 13.3. The summed E-state index contributed by atoms with van der Waals surface area (Å²) < 4.78 is 13.5. The molecular weight excluding hydrogens is 271 g/mol. The van der Waals surface area contributed by atoms with Gasteiger partial charge in [0.05, 0.1) is 0 Å². The van der Waals surface area contributed by atoms with Crippen molar-refractivity contribution in [3.05, 3.63) is 59.9 Å². The van der Waals surface area contributed by atoms with Gasteiger partial charge >= 0.3 is 0 Å². The summed E-state index contributed by atoms with van der Waals surface area (Å²) in [5, 5.41) is 8.86. The van der Waals surface area contributed by atoms with E-state index >= 15 is 0 Å². The predicted octanol–water partition coefficient (Wildman–Crippen LogP) is 3.17. The zero-order chi connectivity index (χ0) is 15.4. The molecule has 0 aliphatic rings. The normalized spacial score (nSPS) is 11.8. The lowest BCUT2D eigenvalue weighted by molar-refractivity contribution is -0.130. The third kappa shape index (κ3) is 3.20. The van der Waals surface area contributed by atoms with Crippen molar-refractivity contribution >= 4 is 17.3 Å². The van der Waals surface area contributed by atoms with Gasteiger partial charge in [0.25, 0.3) is 5.91 Å². The third-order valence-corrected chi connectivity index (χ3v) is 3.33. The van der Waals surface area contributed by atoms with Crippen molar-refractivity contribution in [2.24, 2.45) is 0 Å². The van der Waals surface area contributed by atoms with Crippen LogP contribution in [-0.4, -0.2) is 17.2 Å². The van der Waals surface area contributed by atoms with Crippen LogP contribution in [0.3, 0.4) is 0 Å². The highest BCUT2D eigenvalue weighted by atomic mass is 19.1. The van der Waals surface area contributed by atoms with Crippen LogP contribution in [0, 0.1) is 12.7 Å². The molecule has 0 aliphatic heterocycles. The molecule has 2 rings (SSSR count). The zero-order valence-corrected chi connectivity index (χ0v) is 11.9. The van der Waals surface area contributed by atoms with Crippen LogP contribution in [0.4, 0.5) is 15.8 Å². The van der Waals surface area contributed by atoms with Crippen LogP contribution in [0.2, 0.25) is 0 Å². The van der Waals surface area contributed by atoms with E-state index in [2.05, 4.69) is 0 Å². The zero-order valence-electron chi connectivity index (χ0n) is 11.9. The highest BCUT2D eigenvalue weighted by Gasteiger charge is 2.23. The van der Waals surface area contributed by atoms with E-state index in [0.29, 0.717) is 11.3 Å². The standard InChI is InChI=1S/C16H17FN2O2/c1-11-10-14(8-9-15(11)17)19(12(2)16(20)18-21)13-6-4-3-5-7-13/h3-10,12,21H,1-2H3,(H,18,20)/t12-/m0/s1. The summed E-state index contributed by atoms with van der Waals surface area (Å²) in [5.74, 6) is -0.841. The highest BCUT2D eigenvalue weighted by Crippen LogP contribution is 2.29. The first-order valence-electron chi connectivity index (χ1n) is 6.59. The second-order valence-electron chi connectivity index (χ2n) is 4.79. The number of carbonyl (C=O) groups excluding carboxylic acids is 1. The van der Waals surface area contributed by atoms with Crippen LogP contribution in [-0.2, 0) is 4.79 Å². The maximum absolute atomic E-state index is 13.5. The van der Waals surface area contributed by atoms with Crippen molar-refractivity contribution in [1.82, 2.24) is 5.48 Å². The molecule has 1 amide bonds. The van der Waals surface area contributed by atoms with E-state index in [9.17, 15) is 9.18 Å². The lowest BCUT2D eigenvalue weighted by atomic mass is 10.1. The first-order valence-corrected chi connectivity index (χ1v) is 6.59. The molecule has 0 aliphatic carbocycles. The Labute approximate surface area is 122 Å².